The van der Waals surface area contributed by atoms with Crippen LogP contribution < -0.4 is 5.73 Å². The van der Waals surface area contributed by atoms with Gasteiger partial charge in [-0.15, -0.1) is 11.3 Å². The number of ether oxygens (including phenoxy) is 1. The lowest BCUT2D eigenvalue weighted by molar-refractivity contribution is 0.0517. The standard InChI is InChI=1S/C8H9NO4S/c1-2-13-8(12)5-4(9)3-14-6(5)7(10)11/h3H,2,9H2,1H3,(H,10,11). The van der Waals surface area contributed by atoms with Gasteiger partial charge >= 0.3 is 11.9 Å². The fraction of sp³-hybridized carbons (Fsp3) is 0.250. The second-order valence-corrected chi connectivity index (χ2v) is 3.30. The lowest BCUT2D eigenvalue weighted by Gasteiger charge is -2.01. The van der Waals surface area contributed by atoms with Crippen LogP contribution in [0.4, 0.5) is 5.69 Å². The molecule has 14 heavy (non-hydrogen) atoms. The van der Waals surface area contributed by atoms with Crippen LogP contribution in [-0.4, -0.2) is 23.7 Å². The van der Waals surface area contributed by atoms with Gasteiger partial charge in [-0.3, -0.25) is 0 Å². The minimum Gasteiger partial charge on any atom is -0.477 e. The van der Waals surface area contributed by atoms with Crippen LogP contribution in [-0.2, 0) is 4.74 Å². The summed E-state index contributed by atoms with van der Waals surface area (Å²) in [5, 5.41) is 10.2. The van der Waals surface area contributed by atoms with Crippen molar-refractivity contribution in [2.75, 3.05) is 12.3 Å². The zero-order chi connectivity index (χ0) is 10.7. The Bertz CT molecular complexity index is 371. The first kappa shape index (κ1) is 10.5. The van der Waals surface area contributed by atoms with E-state index in [4.69, 9.17) is 10.8 Å². The third kappa shape index (κ3) is 1.85. The summed E-state index contributed by atoms with van der Waals surface area (Å²) in [6.07, 6.45) is 0. The number of carbonyl (C=O) groups excluding carboxylic acids is 1. The number of anilines is 1. The number of nitrogens with two attached hydrogens (primary N) is 1. The van der Waals surface area contributed by atoms with Crippen molar-refractivity contribution in [1.29, 1.82) is 0 Å². The van der Waals surface area contributed by atoms with Gasteiger partial charge in [-0.25, -0.2) is 9.59 Å². The molecular weight excluding hydrogens is 206 g/mol. The van der Waals surface area contributed by atoms with Gasteiger partial charge in [0.15, 0.2) is 0 Å². The van der Waals surface area contributed by atoms with Gasteiger partial charge in [-0.2, -0.15) is 0 Å². The monoisotopic (exact) mass is 215 g/mol. The summed E-state index contributed by atoms with van der Waals surface area (Å²) in [6.45, 7) is 1.83. The van der Waals surface area contributed by atoms with Gasteiger partial charge in [0.05, 0.1) is 12.3 Å². The summed E-state index contributed by atoms with van der Waals surface area (Å²) in [6, 6.07) is 0. The highest BCUT2D eigenvalue weighted by Gasteiger charge is 2.22. The predicted molar refractivity (Wildman–Crippen MR) is 51.6 cm³/mol. The maximum absolute atomic E-state index is 11.3. The van der Waals surface area contributed by atoms with Crippen LogP contribution in [0.15, 0.2) is 5.38 Å². The van der Waals surface area contributed by atoms with Crippen LogP contribution in [0.2, 0.25) is 0 Å². The summed E-state index contributed by atoms with van der Waals surface area (Å²) in [4.78, 5) is 21.9. The molecule has 1 rings (SSSR count). The number of thiophene rings is 1. The molecule has 76 valence electrons. The van der Waals surface area contributed by atoms with E-state index in [2.05, 4.69) is 4.74 Å². The Morgan fingerprint density at radius 1 is 1.64 bits per heavy atom. The molecule has 0 unspecified atom stereocenters. The molecule has 0 saturated carbocycles. The van der Waals surface area contributed by atoms with Crippen molar-refractivity contribution in [3.63, 3.8) is 0 Å². The molecule has 0 bridgehead atoms. The first-order chi connectivity index (χ1) is 6.57. The number of carboxylic acids is 1. The number of nitrogen functional groups attached to an aromatic ring is 1. The third-order valence-corrected chi connectivity index (χ3v) is 2.48. The summed E-state index contributed by atoms with van der Waals surface area (Å²) >= 11 is 0.913. The van der Waals surface area contributed by atoms with Crippen LogP contribution in [0.1, 0.15) is 27.0 Å². The largest absolute Gasteiger partial charge is 0.477 e. The van der Waals surface area contributed by atoms with E-state index < -0.39 is 11.9 Å². The Morgan fingerprint density at radius 3 is 2.79 bits per heavy atom. The van der Waals surface area contributed by atoms with E-state index in [9.17, 15) is 9.59 Å². The number of carboxylic acid groups (broad SMARTS) is 1. The molecule has 1 heterocycles. The topological polar surface area (TPSA) is 89.6 Å². The van der Waals surface area contributed by atoms with E-state index in [0.29, 0.717) is 0 Å². The van der Waals surface area contributed by atoms with Crippen LogP contribution in [0.3, 0.4) is 0 Å². The van der Waals surface area contributed by atoms with Gasteiger partial charge in [-0.05, 0) is 6.92 Å². The predicted octanol–water partition coefficient (Wildman–Crippen LogP) is 1.21. The zero-order valence-electron chi connectivity index (χ0n) is 7.44. The van der Waals surface area contributed by atoms with Gasteiger partial charge in [0.1, 0.15) is 10.4 Å². The lowest BCUT2D eigenvalue weighted by atomic mass is 10.2. The van der Waals surface area contributed by atoms with Gasteiger partial charge in [0, 0.05) is 5.38 Å². The highest BCUT2D eigenvalue weighted by atomic mass is 32.1. The first-order valence-corrected chi connectivity index (χ1v) is 4.73. The molecule has 0 aromatic carbocycles. The molecule has 1 aromatic rings. The summed E-state index contributed by atoms with van der Waals surface area (Å²) in [5.74, 6) is -1.86. The summed E-state index contributed by atoms with van der Waals surface area (Å²) < 4.78 is 4.68. The molecule has 0 fully saturated rings. The highest BCUT2D eigenvalue weighted by Crippen LogP contribution is 2.25. The number of rotatable bonds is 3. The van der Waals surface area contributed by atoms with Crippen molar-refractivity contribution in [3.8, 4) is 0 Å². The normalized spacial score (nSPS) is 9.79. The Kier molecular flexibility index (Phi) is 3.08. The minimum absolute atomic E-state index is 0.0515. The Labute approximate surface area is 84.1 Å². The van der Waals surface area contributed by atoms with E-state index in [1.165, 1.54) is 5.38 Å². The smallest absolute Gasteiger partial charge is 0.346 e. The van der Waals surface area contributed by atoms with Crippen LogP contribution >= 0.6 is 11.3 Å². The molecular formula is C8H9NO4S. The van der Waals surface area contributed by atoms with Crippen molar-refractivity contribution < 1.29 is 19.4 Å². The number of hydrogen-bond acceptors (Lipinski definition) is 5. The maximum atomic E-state index is 11.3. The van der Waals surface area contributed by atoms with Crippen molar-refractivity contribution in [2.24, 2.45) is 0 Å². The molecule has 0 spiro atoms. The minimum atomic E-state index is -1.17. The van der Waals surface area contributed by atoms with Gasteiger partial charge in [-0.1, -0.05) is 0 Å². The average molecular weight is 215 g/mol. The fourth-order valence-corrected chi connectivity index (χ4v) is 1.73. The van der Waals surface area contributed by atoms with E-state index in [1.807, 2.05) is 0 Å². The second kappa shape index (κ2) is 4.10. The fourth-order valence-electron chi connectivity index (χ4n) is 0.943. The molecule has 0 radical (unpaired) electrons. The Morgan fingerprint density at radius 2 is 2.29 bits per heavy atom. The molecule has 0 aliphatic heterocycles. The van der Waals surface area contributed by atoms with Crippen molar-refractivity contribution in [1.82, 2.24) is 0 Å². The Hall–Kier alpha value is -1.56. The lowest BCUT2D eigenvalue weighted by Crippen LogP contribution is -2.10. The number of aromatic carboxylic acids is 1. The molecule has 3 N–H and O–H groups in total. The van der Waals surface area contributed by atoms with E-state index in [0.717, 1.165) is 11.3 Å². The van der Waals surface area contributed by atoms with E-state index >= 15 is 0 Å². The molecule has 0 atom stereocenters. The van der Waals surface area contributed by atoms with Gasteiger partial charge in [0.2, 0.25) is 0 Å². The molecule has 0 aliphatic carbocycles. The SMILES string of the molecule is CCOC(=O)c1c(N)csc1C(=O)O. The average Bonchev–Trinajstić information content (AvgIpc) is 2.47. The molecule has 5 nitrogen and oxygen atoms in total. The molecule has 0 aliphatic rings. The van der Waals surface area contributed by atoms with Gasteiger partial charge in [0.25, 0.3) is 0 Å². The van der Waals surface area contributed by atoms with Crippen molar-refractivity contribution >= 4 is 29.0 Å². The molecule has 0 saturated heterocycles. The van der Waals surface area contributed by atoms with Crippen LogP contribution in [0, 0.1) is 0 Å². The summed E-state index contributed by atoms with van der Waals surface area (Å²) in [5.41, 5.74) is 5.55. The quantitative estimate of drug-likeness (QED) is 0.739. The molecule has 1 aromatic heterocycles. The molecule has 0 amide bonds. The van der Waals surface area contributed by atoms with Crippen LogP contribution in [0.5, 0.6) is 0 Å². The van der Waals surface area contributed by atoms with E-state index in [-0.39, 0.29) is 22.7 Å². The summed E-state index contributed by atoms with van der Waals surface area (Å²) in [7, 11) is 0. The van der Waals surface area contributed by atoms with Gasteiger partial charge < -0.3 is 15.6 Å². The molecule has 6 heteroatoms. The number of hydrogen-bond donors (Lipinski definition) is 2. The van der Waals surface area contributed by atoms with Crippen molar-refractivity contribution in [3.05, 3.63) is 15.8 Å². The third-order valence-electron chi connectivity index (χ3n) is 1.49. The van der Waals surface area contributed by atoms with Crippen molar-refractivity contribution in [2.45, 2.75) is 6.92 Å². The highest BCUT2D eigenvalue weighted by molar-refractivity contribution is 7.12. The Balaban J connectivity index is 3.11. The first-order valence-electron chi connectivity index (χ1n) is 3.85. The number of carbonyl (C=O) groups is 2. The maximum Gasteiger partial charge on any atom is 0.346 e. The van der Waals surface area contributed by atoms with Crippen LogP contribution in [0.25, 0.3) is 0 Å². The van der Waals surface area contributed by atoms with E-state index in [1.54, 1.807) is 6.92 Å². The number of esters is 1. The second-order valence-electron chi connectivity index (χ2n) is 2.42. The zero-order valence-corrected chi connectivity index (χ0v) is 8.26.